The number of hydrogen-bond acceptors (Lipinski definition) is 5. The zero-order valence-electron chi connectivity index (χ0n) is 11.5. The summed E-state index contributed by atoms with van der Waals surface area (Å²) in [6.07, 6.45) is 4.15. The molecule has 0 atom stereocenters. The third-order valence-electron chi connectivity index (χ3n) is 3.31. The number of nitrogens with one attached hydrogen (secondary N) is 1. The number of aryl methyl sites for hydroxylation is 1. The second-order valence-corrected chi connectivity index (χ2v) is 5.70. The summed E-state index contributed by atoms with van der Waals surface area (Å²) in [5.41, 5.74) is 8.51. The zero-order valence-corrected chi connectivity index (χ0v) is 13.1. The van der Waals surface area contributed by atoms with Gasteiger partial charge >= 0.3 is 0 Å². The molecular formula is C14H15BrN6. The fourth-order valence-corrected chi connectivity index (χ4v) is 2.57. The quantitative estimate of drug-likeness (QED) is 0.757. The number of nitrogens with two attached hydrogens (primary N) is 1. The Labute approximate surface area is 130 Å². The minimum Gasteiger partial charge on any atom is -0.396 e. The predicted molar refractivity (Wildman–Crippen MR) is 87.1 cm³/mol. The lowest BCUT2D eigenvalue weighted by molar-refractivity contribution is 0.789. The summed E-state index contributed by atoms with van der Waals surface area (Å²) in [4.78, 5) is 4.34. The summed E-state index contributed by atoms with van der Waals surface area (Å²) in [6, 6.07) is 5.95. The van der Waals surface area contributed by atoms with Crippen molar-refractivity contribution in [1.82, 2.24) is 19.7 Å². The zero-order chi connectivity index (χ0) is 14.8. The van der Waals surface area contributed by atoms with Gasteiger partial charge < -0.3 is 15.6 Å². The second-order valence-electron chi connectivity index (χ2n) is 4.78. The molecule has 0 saturated carbocycles. The van der Waals surface area contributed by atoms with E-state index in [2.05, 4.69) is 36.4 Å². The van der Waals surface area contributed by atoms with Crippen molar-refractivity contribution >= 4 is 38.2 Å². The van der Waals surface area contributed by atoms with Crippen LogP contribution in [0.1, 0.15) is 5.82 Å². The Kier molecular flexibility index (Phi) is 3.74. The maximum absolute atomic E-state index is 6.05. The minimum atomic E-state index is 0.638. The van der Waals surface area contributed by atoms with Crippen LogP contribution < -0.4 is 11.1 Å². The third kappa shape index (κ3) is 2.82. The summed E-state index contributed by atoms with van der Waals surface area (Å²) >= 11 is 3.48. The lowest BCUT2D eigenvalue weighted by atomic mass is 10.1. The van der Waals surface area contributed by atoms with Gasteiger partial charge in [-0.05, 0) is 18.2 Å². The van der Waals surface area contributed by atoms with Gasteiger partial charge in [0.1, 0.15) is 12.2 Å². The molecule has 3 N–H and O–H groups in total. The molecule has 0 amide bonds. The molecular weight excluding hydrogens is 332 g/mol. The lowest BCUT2D eigenvalue weighted by Crippen LogP contribution is -2.10. The average Bonchev–Trinajstić information content (AvgIpc) is 2.87. The van der Waals surface area contributed by atoms with Crippen LogP contribution in [0.3, 0.4) is 0 Å². The molecule has 1 aromatic carbocycles. The predicted octanol–water partition coefficient (Wildman–Crippen LogP) is 2.36. The number of anilines is 2. The van der Waals surface area contributed by atoms with Gasteiger partial charge in [-0.15, -0.1) is 10.2 Å². The molecule has 0 bridgehead atoms. The number of halogens is 1. The van der Waals surface area contributed by atoms with E-state index in [9.17, 15) is 0 Å². The Balaban J connectivity index is 1.84. The second kappa shape index (κ2) is 5.69. The van der Waals surface area contributed by atoms with Crippen LogP contribution in [-0.2, 0) is 13.5 Å². The van der Waals surface area contributed by atoms with Crippen LogP contribution in [0.25, 0.3) is 10.9 Å². The van der Waals surface area contributed by atoms with Gasteiger partial charge in [-0.1, -0.05) is 15.9 Å². The molecule has 21 heavy (non-hydrogen) atoms. The molecule has 0 aliphatic carbocycles. The summed E-state index contributed by atoms with van der Waals surface area (Å²) in [7, 11) is 1.93. The van der Waals surface area contributed by atoms with Crippen LogP contribution in [0.5, 0.6) is 0 Å². The molecule has 3 rings (SSSR count). The molecule has 0 radical (unpaired) electrons. The van der Waals surface area contributed by atoms with E-state index in [1.165, 1.54) is 0 Å². The number of hydrogen-bond donors (Lipinski definition) is 2. The van der Waals surface area contributed by atoms with E-state index < -0.39 is 0 Å². The van der Waals surface area contributed by atoms with Crippen LogP contribution in [-0.4, -0.2) is 26.3 Å². The van der Waals surface area contributed by atoms with E-state index >= 15 is 0 Å². The highest BCUT2D eigenvalue weighted by atomic mass is 79.9. The number of pyridine rings is 1. The number of rotatable bonds is 4. The fraction of sp³-hybridized carbons (Fsp3) is 0.214. The van der Waals surface area contributed by atoms with E-state index in [4.69, 9.17) is 5.73 Å². The van der Waals surface area contributed by atoms with E-state index in [-0.39, 0.29) is 0 Å². The molecule has 0 aliphatic heterocycles. The molecule has 0 aliphatic rings. The van der Waals surface area contributed by atoms with Gasteiger partial charge in [0.2, 0.25) is 0 Å². The van der Waals surface area contributed by atoms with Crippen LogP contribution >= 0.6 is 15.9 Å². The van der Waals surface area contributed by atoms with Gasteiger partial charge in [-0.25, -0.2) is 0 Å². The van der Waals surface area contributed by atoms with Gasteiger partial charge in [0.25, 0.3) is 0 Å². The molecule has 108 valence electrons. The molecule has 0 fully saturated rings. The SMILES string of the molecule is Cn1cnnc1CCNc1c(N)cnc2ccc(Br)cc12. The highest BCUT2D eigenvalue weighted by Gasteiger charge is 2.08. The van der Waals surface area contributed by atoms with Crippen LogP contribution in [0.2, 0.25) is 0 Å². The number of fused-ring (bicyclic) bond motifs is 1. The molecule has 2 aromatic heterocycles. The maximum Gasteiger partial charge on any atom is 0.134 e. The van der Waals surface area contributed by atoms with Crippen molar-refractivity contribution in [3.8, 4) is 0 Å². The monoisotopic (exact) mass is 346 g/mol. The number of benzene rings is 1. The van der Waals surface area contributed by atoms with Crippen LogP contribution in [0, 0.1) is 0 Å². The smallest absolute Gasteiger partial charge is 0.134 e. The van der Waals surface area contributed by atoms with Crippen molar-refractivity contribution in [2.45, 2.75) is 6.42 Å². The maximum atomic E-state index is 6.05. The molecule has 7 heteroatoms. The Hall–Kier alpha value is -2.15. The fourth-order valence-electron chi connectivity index (χ4n) is 2.21. The van der Waals surface area contributed by atoms with Crippen molar-refractivity contribution in [2.75, 3.05) is 17.6 Å². The van der Waals surface area contributed by atoms with Gasteiger partial charge in [0, 0.05) is 29.9 Å². The molecule has 2 heterocycles. The Morgan fingerprint density at radius 2 is 2.24 bits per heavy atom. The summed E-state index contributed by atoms with van der Waals surface area (Å²) in [5.74, 6) is 0.931. The van der Waals surface area contributed by atoms with Crippen molar-refractivity contribution in [1.29, 1.82) is 0 Å². The topological polar surface area (TPSA) is 81.7 Å². The standard InChI is InChI=1S/C14H15BrN6/c1-21-8-19-20-13(21)4-5-17-14-10-6-9(15)2-3-12(10)18-7-11(14)16/h2-3,6-8H,4-5,16H2,1H3,(H,17,18). The van der Waals surface area contributed by atoms with Crippen LogP contribution in [0.4, 0.5) is 11.4 Å². The van der Waals surface area contributed by atoms with E-state index in [0.717, 1.165) is 39.9 Å². The van der Waals surface area contributed by atoms with E-state index in [1.807, 2.05) is 29.8 Å². The molecule has 6 nitrogen and oxygen atoms in total. The lowest BCUT2D eigenvalue weighted by Gasteiger charge is -2.12. The molecule has 3 aromatic rings. The highest BCUT2D eigenvalue weighted by Crippen LogP contribution is 2.29. The Bertz CT molecular complexity index is 777. The van der Waals surface area contributed by atoms with E-state index in [0.29, 0.717) is 5.69 Å². The average molecular weight is 347 g/mol. The minimum absolute atomic E-state index is 0.638. The summed E-state index contributed by atoms with van der Waals surface area (Å²) in [5, 5.41) is 12.3. The normalized spacial score (nSPS) is 11.0. The first-order valence-corrected chi connectivity index (χ1v) is 7.35. The van der Waals surface area contributed by atoms with Gasteiger partial charge in [-0.3, -0.25) is 4.98 Å². The van der Waals surface area contributed by atoms with Crippen molar-refractivity contribution in [3.63, 3.8) is 0 Å². The number of nitrogens with zero attached hydrogens (tertiary/aromatic N) is 4. The van der Waals surface area contributed by atoms with Gasteiger partial charge in [-0.2, -0.15) is 0 Å². The Morgan fingerprint density at radius 1 is 1.38 bits per heavy atom. The van der Waals surface area contributed by atoms with Crippen LogP contribution in [0.15, 0.2) is 35.2 Å². The molecule has 0 unspecified atom stereocenters. The number of aromatic nitrogens is 4. The van der Waals surface area contributed by atoms with Gasteiger partial charge in [0.15, 0.2) is 0 Å². The number of nitrogen functional groups attached to an aromatic ring is 1. The van der Waals surface area contributed by atoms with Crippen molar-refractivity contribution in [2.24, 2.45) is 7.05 Å². The first-order chi connectivity index (χ1) is 10.1. The first-order valence-electron chi connectivity index (χ1n) is 6.55. The summed E-state index contributed by atoms with van der Waals surface area (Å²) in [6.45, 7) is 0.725. The Morgan fingerprint density at radius 3 is 3.00 bits per heavy atom. The third-order valence-corrected chi connectivity index (χ3v) is 3.81. The molecule has 0 saturated heterocycles. The molecule has 0 spiro atoms. The highest BCUT2D eigenvalue weighted by molar-refractivity contribution is 9.10. The summed E-state index contributed by atoms with van der Waals surface area (Å²) < 4.78 is 2.91. The van der Waals surface area contributed by atoms with E-state index in [1.54, 1.807) is 12.5 Å². The largest absolute Gasteiger partial charge is 0.396 e. The van der Waals surface area contributed by atoms with Gasteiger partial charge in [0.05, 0.1) is 23.1 Å². The van der Waals surface area contributed by atoms with Crippen molar-refractivity contribution in [3.05, 3.63) is 41.0 Å². The van der Waals surface area contributed by atoms with Crippen molar-refractivity contribution < 1.29 is 0 Å². The first kappa shape index (κ1) is 13.8.